The summed E-state index contributed by atoms with van der Waals surface area (Å²) in [5.41, 5.74) is 6.43. The summed E-state index contributed by atoms with van der Waals surface area (Å²) >= 11 is 4.95. The molecule has 1 aliphatic carbocycles. The molecule has 0 spiro atoms. The minimum atomic E-state index is 0.202. The van der Waals surface area contributed by atoms with Gasteiger partial charge >= 0.3 is 0 Å². The molecule has 0 atom stereocenters. The van der Waals surface area contributed by atoms with Gasteiger partial charge in [-0.05, 0) is 25.0 Å². The number of thiocarbonyl (C=S) groups is 1. The number of nitrogens with two attached hydrogens (primary N) is 1. The molecule has 1 aromatic rings. The summed E-state index contributed by atoms with van der Waals surface area (Å²) in [5, 5.41) is 9.11. The molecule has 2 rings (SSSR count). The monoisotopic (exact) mass is 294 g/mol. The Kier molecular flexibility index (Phi) is 5.76. The molecule has 5 heteroatoms. The van der Waals surface area contributed by atoms with Gasteiger partial charge < -0.3 is 15.6 Å². The van der Waals surface area contributed by atoms with Gasteiger partial charge in [0.1, 0.15) is 17.3 Å². The molecule has 0 radical (unpaired) electrons. The van der Waals surface area contributed by atoms with Crippen molar-refractivity contribution < 1.29 is 9.84 Å². The summed E-state index contributed by atoms with van der Waals surface area (Å²) in [6.45, 7) is 2.37. The molecule has 0 aromatic heterocycles. The zero-order chi connectivity index (χ0) is 14.4. The smallest absolute Gasteiger partial charge is 0.120 e. The second-order valence-corrected chi connectivity index (χ2v) is 5.52. The number of nitrogens with zero attached hydrogens (tertiary/aromatic N) is 1. The van der Waals surface area contributed by atoms with Crippen LogP contribution in [-0.4, -0.2) is 47.3 Å². The van der Waals surface area contributed by atoms with Crippen LogP contribution in [0, 0.1) is 0 Å². The zero-order valence-electron chi connectivity index (χ0n) is 11.6. The van der Waals surface area contributed by atoms with Crippen molar-refractivity contribution in [2.45, 2.75) is 25.3 Å². The van der Waals surface area contributed by atoms with E-state index < -0.39 is 0 Å². The van der Waals surface area contributed by atoms with Crippen molar-refractivity contribution in [3.63, 3.8) is 0 Å². The topological polar surface area (TPSA) is 58.7 Å². The summed E-state index contributed by atoms with van der Waals surface area (Å²) in [7, 11) is 0. The molecule has 0 bridgehead atoms. The number of benzene rings is 1. The molecule has 0 heterocycles. The van der Waals surface area contributed by atoms with Crippen molar-refractivity contribution in [1.29, 1.82) is 0 Å². The molecule has 0 amide bonds. The molecule has 1 saturated carbocycles. The van der Waals surface area contributed by atoms with Crippen LogP contribution in [0.3, 0.4) is 0 Å². The van der Waals surface area contributed by atoms with Gasteiger partial charge in [0.05, 0.1) is 6.61 Å². The van der Waals surface area contributed by atoms with Crippen molar-refractivity contribution in [3.8, 4) is 5.75 Å². The lowest BCUT2D eigenvalue weighted by Gasteiger charge is -2.37. The van der Waals surface area contributed by atoms with E-state index in [9.17, 15) is 0 Å². The first kappa shape index (κ1) is 15.2. The molecule has 1 aliphatic rings. The third-order valence-corrected chi connectivity index (χ3v) is 3.98. The highest BCUT2D eigenvalue weighted by atomic mass is 32.1. The van der Waals surface area contributed by atoms with Crippen LogP contribution in [0.2, 0.25) is 0 Å². The van der Waals surface area contributed by atoms with Gasteiger partial charge in [0.15, 0.2) is 0 Å². The number of aliphatic hydroxyl groups is 1. The third-order valence-electron chi connectivity index (χ3n) is 3.74. The molecule has 20 heavy (non-hydrogen) atoms. The Morgan fingerprint density at radius 3 is 2.80 bits per heavy atom. The van der Waals surface area contributed by atoms with Crippen molar-refractivity contribution in [3.05, 3.63) is 29.8 Å². The standard InChI is InChI=1S/C15H22N2O2S/c16-15(20)12-3-1-6-14(11-12)19-10-8-17(7-9-18)13-4-2-5-13/h1,3,6,11,13,18H,2,4-5,7-10H2,(H2,16,20). The largest absolute Gasteiger partial charge is 0.492 e. The highest BCUT2D eigenvalue weighted by Gasteiger charge is 2.24. The van der Waals surface area contributed by atoms with E-state index in [0.29, 0.717) is 17.6 Å². The fourth-order valence-electron chi connectivity index (χ4n) is 2.38. The third kappa shape index (κ3) is 4.16. The molecule has 1 fully saturated rings. The number of ether oxygens (including phenoxy) is 1. The van der Waals surface area contributed by atoms with Crippen molar-refractivity contribution in [2.24, 2.45) is 5.73 Å². The normalized spacial score (nSPS) is 15.1. The van der Waals surface area contributed by atoms with Crippen molar-refractivity contribution in [2.75, 3.05) is 26.3 Å². The van der Waals surface area contributed by atoms with E-state index in [-0.39, 0.29) is 6.61 Å². The minimum absolute atomic E-state index is 0.202. The molecule has 0 unspecified atom stereocenters. The first-order valence-electron chi connectivity index (χ1n) is 7.08. The Hall–Kier alpha value is -1.17. The second kappa shape index (κ2) is 7.57. The lowest BCUT2D eigenvalue weighted by molar-refractivity contribution is 0.0860. The van der Waals surface area contributed by atoms with Crippen LogP contribution < -0.4 is 10.5 Å². The molecular weight excluding hydrogens is 272 g/mol. The van der Waals surface area contributed by atoms with Crippen LogP contribution in [0.15, 0.2) is 24.3 Å². The van der Waals surface area contributed by atoms with E-state index >= 15 is 0 Å². The first-order valence-corrected chi connectivity index (χ1v) is 7.49. The van der Waals surface area contributed by atoms with E-state index in [4.69, 9.17) is 27.8 Å². The van der Waals surface area contributed by atoms with Gasteiger partial charge in [-0.1, -0.05) is 30.8 Å². The van der Waals surface area contributed by atoms with Crippen molar-refractivity contribution in [1.82, 2.24) is 4.90 Å². The van der Waals surface area contributed by atoms with Crippen LogP contribution in [0.1, 0.15) is 24.8 Å². The SMILES string of the molecule is NC(=S)c1cccc(OCCN(CCO)C2CCC2)c1. The number of aliphatic hydroxyl groups excluding tert-OH is 1. The highest BCUT2D eigenvalue weighted by Crippen LogP contribution is 2.24. The highest BCUT2D eigenvalue weighted by molar-refractivity contribution is 7.80. The molecule has 110 valence electrons. The average Bonchev–Trinajstić information content (AvgIpc) is 2.37. The van der Waals surface area contributed by atoms with Gasteiger partial charge in [0.25, 0.3) is 0 Å². The number of hydrogen-bond acceptors (Lipinski definition) is 4. The zero-order valence-corrected chi connectivity index (χ0v) is 12.4. The Labute approximate surface area is 125 Å². The summed E-state index contributed by atoms with van der Waals surface area (Å²) in [6, 6.07) is 8.15. The molecule has 1 aromatic carbocycles. The summed E-state index contributed by atoms with van der Waals surface area (Å²) in [6.07, 6.45) is 3.76. The lowest BCUT2D eigenvalue weighted by Crippen LogP contribution is -2.43. The number of rotatable bonds is 8. The fraction of sp³-hybridized carbons (Fsp3) is 0.533. The van der Waals surface area contributed by atoms with Crippen LogP contribution in [0.25, 0.3) is 0 Å². The summed E-state index contributed by atoms with van der Waals surface area (Å²) < 4.78 is 5.75. The maximum Gasteiger partial charge on any atom is 0.120 e. The Bertz CT molecular complexity index is 449. The Morgan fingerprint density at radius 1 is 1.40 bits per heavy atom. The van der Waals surface area contributed by atoms with Crippen molar-refractivity contribution >= 4 is 17.2 Å². The molecule has 3 N–H and O–H groups in total. The predicted molar refractivity (Wildman–Crippen MR) is 84.1 cm³/mol. The van der Waals surface area contributed by atoms with Gasteiger partial charge in [0, 0.05) is 24.7 Å². The maximum absolute atomic E-state index is 9.11. The molecular formula is C15H22N2O2S. The quantitative estimate of drug-likeness (QED) is 0.712. The fourth-order valence-corrected chi connectivity index (χ4v) is 2.50. The van der Waals surface area contributed by atoms with E-state index in [0.717, 1.165) is 24.4 Å². The first-order chi connectivity index (χ1) is 9.70. The summed E-state index contributed by atoms with van der Waals surface area (Å²) in [5.74, 6) is 0.785. The van der Waals surface area contributed by atoms with E-state index in [1.54, 1.807) is 0 Å². The average molecular weight is 294 g/mol. The van der Waals surface area contributed by atoms with Gasteiger partial charge in [-0.3, -0.25) is 4.90 Å². The van der Waals surface area contributed by atoms with E-state index in [1.165, 1.54) is 19.3 Å². The Morgan fingerprint density at radius 2 is 2.20 bits per heavy atom. The van der Waals surface area contributed by atoms with Crippen LogP contribution in [0.4, 0.5) is 0 Å². The van der Waals surface area contributed by atoms with E-state index in [1.807, 2.05) is 24.3 Å². The lowest BCUT2D eigenvalue weighted by atomic mass is 9.91. The second-order valence-electron chi connectivity index (χ2n) is 5.08. The van der Waals surface area contributed by atoms with Gasteiger partial charge in [0.2, 0.25) is 0 Å². The molecule has 0 saturated heterocycles. The summed E-state index contributed by atoms with van der Waals surface area (Å²) in [4.78, 5) is 2.69. The van der Waals surface area contributed by atoms with Gasteiger partial charge in [-0.15, -0.1) is 0 Å². The maximum atomic E-state index is 9.11. The van der Waals surface area contributed by atoms with Gasteiger partial charge in [-0.25, -0.2) is 0 Å². The van der Waals surface area contributed by atoms with Crippen LogP contribution >= 0.6 is 12.2 Å². The molecule has 4 nitrogen and oxygen atoms in total. The Balaban J connectivity index is 1.81. The van der Waals surface area contributed by atoms with Crippen LogP contribution in [0.5, 0.6) is 5.75 Å². The molecule has 0 aliphatic heterocycles. The predicted octanol–water partition coefficient (Wildman–Crippen LogP) is 1.55. The number of hydrogen-bond donors (Lipinski definition) is 2. The van der Waals surface area contributed by atoms with Gasteiger partial charge in [-0.2, -0.15) is 0 Å². The van der Waals surface area contributed by atoms with Crippen LogP contribution in [-0.2, 0) is 0 Å². The minimum Gasteiger partial charge on any atom is -0.492 e. The van der Waals surface area contributed by atoms with E-state index in [2.05, 4.69) is 4.90 Å².